The molecule has 0 saturated heterocycles. The fraction of sp³-hybridized carbons (Fsp3) is 0.250. The molecule has 0 radical (unpaired) electrons. The quantitative estimate of drug-likeness (QED) is 0.765. The highest BCUT2D eigenvalue weighted by atomic mass is 16.5. The van der Waals surface area contributed by atoms with Crippen molar-refractivity contribution in [1.82, 2.24) is 10.1 Å². The van der Waals surface area contributed by atoms with E-state index in [0.29, 0.717) is 11.6 Å². The van der Waals surface area contributed by atoms with Crippen molar-refractivity contribution >= 4 is 17.6 Å². The number of hydrogen-bond acceptors (Lipinski definition) is 4. The molecule has 6 nitrogen and oxygen atoms in total. The molecule has 2 aromatic heterocycles. The number of nitrogens with two attached hydrogens (primary N) is 1. The first-order chi connectivity index (χ1) is 12.3. The molecule has 0 bridgehead atoms. The van der Waals surface area contributed by atoms with E-state index >= 15 is 0 Å². The van der Waals surface area contributed by atoms with Crippen molar-refractivity contribution in [2.75, 3.05) is 4.90 Å². The Balaban J connectivity index is 1.85. The van der Waals surface area contributed by atoms with Crippen LogP contribution in [0.15, 0.2) is 59.4 Å². The van der Waals surface area contributed by atoms with Crippen LogP contribution in [-0.4, -0.2) is 16.2 Å². The maximum atomic E-state index is 12.0. The van der Waals surface area contributed by atoms with Crippen LogP contribution in [0.5, 0.6) is 0 Å². The van der Waals surface area contributed by atoms with Crippen LogP contribution in [0.1, 0.15) is 37.6 Å². The second kappa shape index (κ2) is 7.00. The van der Waals surface area contributed by atoms with Gasteiger partial charge in [-0.05, 0) is 41.8 Å². The third-order valence-electron chi connectivity index (χ3n) is 4.06. The number of benzene rings is 1. The summed E-state index contributed by atoms with van der Waals surface area (Å²) in [5.74, 6) is 0.310. The van der Waals surface area contributed by atoms with Gasteiger partial charge < -0.3 is 10.3 Å². The van der Waals surface area contributed by atoms with Gasteiger partial charge in [0, 0.05) is 23.9 Å². The average molecular weight is 350 g/mol. The number of amides is 2. The van der Waals surface area contributed by atoms with Gasteiger partial charge in [-0.3, -0.25) is 4.98 Å². The highest BCUT2D eigenvalue weighted by Crippen LogP contribution is 2.30. The third kappa shape index (κ3) is 3.91. The van der Waals surface area contributed by atoms with Gasteiger partial charge in [-0.25, -0.2) is 9.69 Å². The third-order valence-corrected chi connectivity index (χ3v) is 4.06. The van der Waals surface area contributed by atoms with E-state index < -0.39 is 6.03 Å². The Kier molecular flexibility index (Phi) is 4.75. The van der Waals surface area contributed by atoms with Crippen LogP contribution in [0.4, 0.5) is 16.4 Å². The molecule has 1 aromatic carbocycles. The van der Waals surface area contributed by atoms with Gasteiger partial charge in [-0.2, -0.15) is 0 Å². The topological polar surface area (TPSA) is 85.2 Å². The van der Waals surface area contributed by atoms with E-state index in [1.54, 1.807) is 18.5 Å². The fourth-order valence-electron chi connectivity index (χ4n) is 2.59. The number of anilines is 2. The highest BCUT2D eigenvalue weighted by molar-refractivity contribution is 5.97. The van der Waals surface area contributed by atoms with Gasteiger partial charge in [0.1, 0.15) is 0 Å². The molecule has 6 heteroatoms. The van der Waals surface area contributed by atoms with Crippen LogP contribution >= 0.6 is 0 Å². The molecule has 134 valence electrons. The van der Waals surface area contributed by atoms with E-state index in [-0.39, 0.29) is 5.41 Å². The zero-order chi connectivity index (χ0) is 18.7. The lowest BCUT2D eigenvalue weighted by Gasteiger charge is -2.17. The largest absolute Gasteiger partial charge is 0.351 e. The van der Waals surface area contributed by atoms with E-state index in [1.807, 2.05) is 57.2 Å². The summed E-state index contributed by atoms with van der Waals surface area (Å²) in [6, 6.07) is 12.7. The zero-order valence-corrected chi connectivity index (χ0v) is 15.1. The van der Waals surface area contributed by atoms with Crippen molar-refractivity contribution in [3.63, 3.8) is 0 Å². The van der Waals surface area contributed by atoms with Crippen molar-refractivity contribution in [2.24, 2.45) is 5.73 Å². The Hall–Kier alpha value is -3.15. The van der Waals surface area contributed by atoms with Gasteiger partial charge in [-0.15, -0.1) is 0 Å². The summed E-state index contributed by atoms with van der Waals surface area (Å²) >= 11 is 0. The molecule has 2 amide bonds. The maximum absolute atomic E-state index is 12.0. The van der Waals surface area contributed by atoms with Crippen molar-refractivity contribution in [3.8, 4) is 0 Å². The minimum Gasteiger partial charge on any atom is -0.351 e. The number of rotatable bonds is 4. The monoisotopic (exact) mass is 350 g/mol. The van der Waals surface area contributed by atoms with Crippen LogP contribution in [-0.2, 0) is 11.8 Å². The average Bonchev–Trinajstić information content (AvgIpc) is 3.07. The number of pyridine rings is 1. The summed E-state index contributed by atoms with van der Waals surface area (Å²) in [6.45, 7) is 6.07. The zero-order valence-electron chi connectivity index (χ0n) is 15.1. The first-order valence-electron chi connectivity index (χ1n) is 8.39. The number of aromatic nitrogens is 2. The second-order valence-corrected chi connectivity index (χ2v) is 7.17. The SMILES string of the molecule is CC(C)(C)c1cc(N(C(N)=O)c2ccc(Cc3ccncc3)cc2)on1. The van der Waals surface area contributed by atoms with Crippen molar-refractivity contribution in [2.45, 2.75) is 32.6 Å². The molecule has 0 saturated carbocycles. The molecule has 3 rings (SSSR count). The molecule has 0 aliphatic carbocycles. The molecule has 0 unspecified atom stereocenters. The number of carbonyl (C=O) groups is 1. The summed E-state index contributed by atoms with van der Waals surface area (Å²) < 4.78 is 5.36. The van der Waals surface area contributed by atoms with E-state index in [4.69, 9.17) is 10.3 Å². The van der Waals surface area contributed by atoms with Crippen LogP contribution in [0.3, 0.4) is 0 Å². The summed E-state index contributed by atoms with van der Waals surface area (Å²) in [5, 5.41) is 4.06. The summed E-state index contributed by atoms with van der Waals surface area (Å²) in [5.41, 5.74) is 9.07. The lowest BCUT2D eigenvalue weighted by molar-refractivity contribution is 0.254. The highest BCUT2D eigenvalue weighted by Gasteiger charge is 2.24. The van der Waals surface area contributed by atoms with Crippen LogP contribution in [0.2, 0.25) is 0 Å². The minimum atomic E-state index is -0.622. The van der Waals surface area contributed by atoms with E-state index in [0.717, 1.165) is 17.7 Å². The molecule has 3 aromatic rings. The molecule has 0 aliphatic heterocycles. The number of primary amides is 1. The summed E-state index contributed by atoms with van der Waals surface area (Å²) in [7, 11) is 0. The Morgan fingerprint density at radius 3 is 2.23 bits per heavy atom. The molecule has 0 atom stereocenters. The Bertz CT molecular complexity index is 880. The van der Waals surface area contributed by atoms with Crippen molar-refractivity contribution in [3.05, 3.63) is 71.7 Å². The standard InChI is InChI=1S/C20H22N4O2/c1-20(2,3)17-13-18(26-23-17)24(19(21)25)16-6-4-14(5-7-16)12-15-8-10-22-11-9-15/h4-11,13H,12H2,1-3H3,(H2,21,25). The molecular formula is C20H22N4O2. The molecular weight excluding hydrogens is 328 g/mol. The van der Waals surface area contributed by atoms with Gasteiger partial charge in [0.2, 0.25) is 5.88 Å². The normalized spacial score (nSPS) is 11.3. The molecule has 0 aliphatic rings. The molecule has 26 heavy (non-hydrogen) atoms. The van der Waals surface area contributed by atoms with E-state index in [9.17, 15) is 4.79 Å². The maximum Gasteiger partial charge on any atom is 0.326 e. The molecule has 0 fully saturated rings. The lowest BCUT2D eigenvalue weighted by atomic mass is 9.92. The Morgan fingerprint density at radius 2 is 1.69 bits per heavy atom. The van der Waals surface area contributed by atoms with Crippen molar-refractivity contribution in [1.29, 1.82) is 0 Å². The van der Waals surface area contributed by atoms with Gasteiger partial charge in [0.05, 0.1) is 11.4 Å². The van der Waals surface area contributed by atoms with Crippen molar-refractivity contribution < 1.29 is 9.32 Å². The first kappa shape index (κ1) is 17.7. The molecule has 2 heterocycles. The van der Waals surface area contributed by atoms with Gasteiger partial charge in [0.25, 0.3) is 0 Å². The lowest BCUT2D eigenvalue weighted by Crippen LogP contribution is -2.31. The predicted octanol–water partition coefficient (Wildman–Crippen LogP) is 4.17. The fourth-order valence-corrected chi connectivity index (χ4v) is 2.59. The van der Waals surface area contributed by atoms with Gasteiger partial charge in [-0.1, -0.05) is 38.1 Å². The predicted molar refractivity (Wildman–Crippen MR) is 100 cm³/mol. The smallest absolute Gasteiger partial charge is 0.326 e. The van der Waals surface area contributed by atoms with Crippen LogP contribution in [0.25, 0.3) is 0 Å². The number of urea groups is 1. The Labute approximate surface area is 152 Å². The number of hydrogen-bond donors (Lipinski definition) is 1. The molecule has 2 N–H and O–H groups in total. The summed E-state index contributed by atoms with van der Waals surface area (Å²) in [4.78, 5) is 17.3. The van der Waals surface area contributed by atoms with E-state index in [1.165, 1.54) is 10.5 Å². The Morgan fingerprint density at radius 1 is 1.08 bits per heavy atom. The van der Waals surface area contributed by atoms with Gasteiger partial charge >= 0.3 is 6.03 Å². The van der Waals surface area contributed by atoms with Crippen LogP contribution < -0.4 is 10.6 Å². The molecule has 0 spiro atoms. The second-order valence-electron chi connectivity index (χ2n) is 7.17. The summed E-state index contributed by atoms with van der Waals surface area (Å²) in [6.07, 6.45) is 4.33. The first-order valence-corrected chi connectivity index (χ1v) is 8.39. The van der Waals surface area contributed by atoms with Crippen LogP contribution in [0, 0.1) is 0 Å². The number of nitrogens with zero attached hydrogens (tertiary/aromatic N) is 3. The minimum absolute atomic E-state index is 0.181. The van der Waals surface area contributed by atoms with Gasteiger partial charge in [0.15, 0.2) is 0 Å². The number of carbonyl (C=O) groups excluding carboxylic acids is 1. The van der Waals surface area contributed by atoms with E-state index in [2.05, 4.69) is 10.1 Å².